The van der Waals surface area contributed by atoms with Crippen molar-refractivity contribution in [1.82, 2.24) is 20.1 Å². The molecule has 0 unspecified atom stereocenters. The number of nitrogens with zero attached hydrogens (tertiary/aromatic N) is 3. The van der Waals surface area contributed by atoms with Crippen molar-refractivity contribution < 1.29 is 14.0 Å². The minimum atomic E-state index is -0.357. The van der Waals surface area contributed by atoms with E-state index < -0.39 is 0 Å². The van der Waals surface area contributed by atoms with E-state index in [1.54, 1.807) is 34.9 Å². The minimum absolute atomic E-state index is 0.120. The van der Waals surface area contributed by atoms with Gasteiger partial charge in [0.15, 0.2) is 22.5 Å². The van der Waals surface area contributed by atoms with Gasteiger partial charge in [-0.05, 0) is 30.3 Å². The van der Waals surface area contributed by atoms with Crippen LogP contribution in [0.15, 0.2) is 58.8 Å². The highest BCUT2D eigenvalue weighted by atomic mass is 35.5. The molecule has 29 heavy (non-hydrogen) atoms. The molecular weight excluding hydrogens is 435 g/mol. The summed E-state index contributed by atoms with van der Waals surface area (Å²) in [5, 5.41) is 12.3. The van der Waals surface area contributed by atoms with E-state index in [4.69, 9.17) is 27.6 Å². The van der Waals surface area contributed by atoms with Crippen LogP contribution < -0.4 is 5.32 Å². The summed E-state index contributed by atoms with van der Waals surface area (Å²) in [6, 6.07) is 7.94. The summed E-state index contributed by atoms with van der Waals surface area (Å²) in [4.78, 5) is 24.5. The summed E-state index contributed by atoms with van der Waals surface area (Å²) in [6.07, 6.45) is 3.11. The summed E-state index contributed by atoms with van der Waals surface area (Å²) in [6.45, 7) is 4.31. The first-order chi connectivity index (χ1) is 14.0. The number of furan rings is 1. The zero-order valence-electron chi connectivity index (χ0n) is 15.1. The van der Waals surface area contributed by atoms with Gasteiger partial charge in [-0.2, -0.15) is 0 Å². The maximum absolute atomic E-state index is 12.5. The zero-order chi connectivity index (χ0) is 20.8. The Morgan fingerprint density at radius 1 is 1.28 bits per heavy atom. The Morgan fingerprint density at radius 3 is 2.79 bits per heavy atom. The third kappa shape index (κ3) is 5.29. The molecular formula is C19H16Cl2N4O3S. The number of nitrogens with one attached hydrogen (secondary N) is 1. The number of benzene rings is 1. The average Bonchev–Trinajstić information content (AvgIpc) is 3.35. The number of carbonyl (C=O) groups excluding carboxylic acids is 2. The lowest BCUT2D eigenvalue weighted by molar-refractivity contribution is 0.0921. The van der Waals surface area contributed by atoms with Gasteiger partial charge in [0.1, 0.15) is 0 Å². The molecule has 0 radical (unpaired) electrons. The summed E-state index contributed by atoms with van der Waals surface area (Å²) >= 11 is 13.2. The second kappa shape index (κ2) is 9.78. The summed E-state index contributed by atoms with van der Waals surface area (Å²) in [7, 11) is 0. The molecule has 2 heterocycles. The number of ketones is 1. The molecule has 1 N–H and O–H groups in total. The number of hydrogen-bond donors (Lipinski definition) is 1. The van der Waals surface area contributed by atoms with E-state index in [9.17, 15) is 9.59 Å². The smallest absolute Gasteiger partial charge is 0.287 e. The first-order valence-electron chi connectivity index (χ1n) is 8.45. The molecule has 0 fully saturated rings. The standard InChI is InChI=1S/C19H16Cl2N4O3S/c1-2-7-25-17(10-22-18(27)16-4-3-8-28-16)23-24-19(25)29-11-15(26)13-6-5-12(20)9-14(13)21/h2-6,8-9H,1,7,10-11H2,(H,22,27). The average molecular weight is 451 g/mol. The van der Waals surface area contributed by atoms with Gasteiger partial charge in [-0.3, -0.25) is 9.59 Å². The van der Waals surface area contributed by atoms with Crippen molar-refractivity contribution in [2.24, 2.45) is 0 Å². The second-order valence-electron chi connectivity index (χ2n) is 5.79. The number of amides is 1. The van der Waals surface area contributed by atoms with E-state index in [1.165, 1.54) is 24.1 Å². The fourth-order valence-corrected chi connectivity index (χ4v) is 3.81. The van der Waals surface area contributed by atoms with Crippen molar-refractivity contribution in [2.45, 2.75) is 18.2 Å². The summed E-state index contributed by atoms with van der Waals surface area (Å²) in [5.74, 6) is 0.349. The fraction of sp³-hybridized carbons (Fsp3) is 0.158. The van der Waals surface area contributed by atoms with Crippen LogP contribution in [0.4, 0.5) is 0 Å². The van der Waals surface area contributed by atoms with E-state index in [0.717, 1.165) is 0 Å². The zero-order valence-corrected chi connectivity index (χ0v) is 17.4. The van der Waals surface area contributed by atoms with E-state index in [1.807, 2.05) is 0 Å². The molecule has 3 rings (SSSR count). The number of Topliss-reactive ketones (excluding diaryl/α,β-unsaturated/α-hetero) is 1. The third-order valence-electron chi connectivity index (χ3n) is 3.82. The molecule has 0 aliphatic carbocycles. The number of thioether (sulfide) groups is 1. The maximum Gasteiger partial charge on any atom is 0.287 e. The van der Waals surface area contributed by atoms with Crippen LogP contribution in [0.2, 0.25) is 10.0 Å². The van der Waals surface area contributed by atoms with Gasteiger partial charge in [-0.15, -0.1) is 16.8 Å². The number of carbonyl (C=O) groups is 2. The molecule has 10 heteroatoms. The Morgan fingerprint density at radius 2 is 2.10 bits per heavy atom. The highest BCUT2D eigenvalue weighted by Gasteiger charge is 2.17. The Kier molecular flexibility index (Phi) is 7.13. The molecule has 2 aromatic heterocycles. The van der Waals surface area contributed by atoms with E-state index in [-0.39, 0.29) is 29.7 Å². The van der Waals surface area contributed by atoms with Crippen molar-refractivity contribution in [3.05, 3.63) is 76.4 Å². The normalized spacial score (nSPS) is 10.7. The van der Waals surface area contributed by atoms with Crippen LogP contribution in [0.3, 0.4) is 0 Å². The highest BCUT2D eigenvalue weighted by Crippen LogP contribution is 2.24. The molecule has 1 aromatic carbocycles. The molecule has 0 saturated heterocycles. The third-order valence-corrected chi connectivity index (χ3v) is 5.34. The van der Waals surface area contributed by atoms with Gasteiger partial charge < -0.3 is 14.3 Å². The van der Waals surface area contributed by atoms with Gasteiger partial charge in [0.2, 0.25) is 0 Å². The van der Waals surface area contributed by atoms with Crippen LogP contribution in [0, 0.1) is 0 Å². The molecule has 3 aromatic rings. The predicted octanol–water partition coefficient (Wildman–Crippen LogP) is 4.27. The van der Waals surface area contributed by atoms with E-state index in [2.05, 4.69) is 22.1 Å². The topological polar surface area (TPSA) is 90.0 Å². The monoisotopic (exact) mass is 450 g/mol. The molecule has 7 nitrogen and oxygen atoms in total. The molecule has 0 bridgehead atoms. The van der Waals surface area contributed by atoms with Crippen LogP contribution in [0.1, 0.15) is 26.7 Å². The Bertz CT molecular complexity index is 1030. The number of aromatic nitrogens is 3. The highest BCUT2D eigenvalue weighted by molar-refractivity contribution is 7.99. The molecule has 150 valence electrons. The SMILES string of the molecule is C=CCn1c(CNC(=O)c2ccco2)nnc1SCC(=O)c1ccc(Cl)cc1Cl. The molecule has 0 spiro atoms. The van der Waals surface area contributed by atoms with Crippen molar-refractivity contribution in [3.63, 3.8) is 0 Å². The van der Waals surface area contributed by atoms with Gasteiger partial charge in [0.25, 0.3) is 5.91 Å². The van der Waals surface area contributed by atoms with Crippen LogP contribution in [-0.4, -0.2) is 32.2 Å². The fourth-order valence-electron chi connectivity index (χ4n) is 2.45. The van der Waals surface area contributed by atoms with Gasteiger partial charge in [0, 0.05) is 17.1 Å². The number of rotatable bonds is 9. The number of allylic oxidation sites excluding steroid dienone is 1. The van der Waals surface area contributed by atoms with Gasteiger partial charge in [-0.25, -0.2) is 0 Å². The maximum atomic E-state index is 12.5. The summed E-state index contributed by atoms with van der Waals surface area (Å²) < 4.78 is 6.83. The summed E-state index contributed by atoms with van der Waals surface area (Å²) in [5.41, 5.74) is 0.393. The first kappa shape index (κ1) is 21.2. The quantitative estimate of drug-likeness (QED) is 0.297. The first-order valence-corrected chi connectivity index (χ1v) is 10.2. The minimum Gasteiger partial charge on any atom is -0.459 e. The molecule has 0 atom stereocenters. The van der Waals surface area contributed by atoms with Crippen LogP contribution in [-0.2, 0) is 13.1 Å². The van der Waals surface area contributed by atoms with Crippen molar-refractivity contribution in [2.75, 3.05) is 5.75 Å². The Labute approximate surface area is 181 Å². The van der Waals surface area contributed by atoms with Crippen LogP contribution in [0.25, 0.3) is 0 Å². The predicted molar refractivity (Wildman–Crippen MR) is 112 cm³/mol. The molecule has 0 saturated carbocycles. The largest absolute Gasteiger partial charge is 0.459 e. The Hall–Kier alpha value is -2.55. The van der Waals surface area contributed by atoms with E-state index in [0.29, 0.717) is 33.1 Å². The van der Waals surface area contributed by atoms with Gasteiger partial charge in [-0.1, -0.05) is 41.0 Å². The number of hydrogen-bond acceptors (Lipinski definition) is 6. The Balaban J connectivity index is 1.67. The van der Waals surface area contributed by atoms with Crippen LogP contribution in [0.5, 0.6) is 0 Å². The second-order valence-corrected chi connectivity index (χ2v) is 7.58. The van der Waals surface area contributed by atoms with Crippen LogP contribution >= 0.6 is 35.0 Å². The van der Waals surface area contributed by atoms with E-state index >= 15 is 0 Å². The van der Waals surface area contributed by atoms with Crippen molar-refractivity contribution in [3.8, 4) is 0 Å². The van der Waals surface area contributed by atoms with Crippen molar-refractivity contribution in [1.29, 1.82) is 0 Å². The lowest BCUT2D eigenvalue weighted by Crippen LogP contribution is -2.24. The number of halogens is 2. The lowest BCUT2D eigenvalue weighted by atomic mass is 10.1. The lowest BCUT2D eigenvalue weighted by Gasteiger charge is -2.08. The van der Waals surface area contributed by atoms with Crippen molar-refractivity contribution >= 4 is 46.7 Å². The van der Waals surface area contributed by atoms with Gasteiger partial charge in [0.05, 0.1) is 23.6 Å². The molecule has 1 amide bonds. The molecule has 0 aliphatic heterocycles. The molecule has 0 aliphatic rings. The van der Waals surface area contributed by atoms with Gasteiger partial charge >= 0.3 is 0 Å².